The minimum Gasteiger partial charge on any atom is -0.492 e. The van der Waals surface area contributed by atoms with Crippen molar-refractivity contribution >= 4 is 30.9 Å². The third-order valence-electron chi connectivity index (χ3n) is 6.50. The lowest BCUT2D eigenvalue weighted by atomic mass is 10.1. The van der Waals surface area contributed by atoms with Crippen LogP contribution in [-0.4, -0.2) is 55.3 Å². The fraction of sp³-hybridized carbons (Fsp3) is 0.556. The van der Waals surface area contributed by atoms with Crippen molar-refractivity contribution in [2.75, 3.05) is 38.3 Å². The second kappa shape index (κ2) is 13.6. The molecule has 1 aliphatic rings. The molecule has 1 unspecified atom stereocenters. The molecule has 0 amide bonds. The summed E-state index contributed by atoms with van der Waals surface area (Å²) < 4.78 is 115. The number of alkyl halides is 5. The molecule has 0 fully saturated rings. The number of fused-ring (bicyclic) bond motifs is 1. The molecule has 14 heteroatoms. The SMILES string of the molecule is CCOP(=O)(OCC)C(C)COc1cc2c(cc1C(F)(F)F)N(c1ccc(F)cc1)C[C@@H](CCC(C)(F)F)N(C)S2. The Bertz CT molecular complexity index is 1200. The number of likely N-dealkylation sites (N-methyl/N-ethyl adjacent to an activating group) is 1. The van der Waals surface area contributed by atoms with Gasteiger partial charge >= 0.3 is 13.8 Å². The molecule has 2 atom stereocenters. The Labute approximate surface area is 241 Å². The van der Waals surface area contributed by atoms with Gasteiger partial charge in [-0.15, -0.1) is 0 Å². The first-order chi connectivity index (χ1) is 19.1. The summed E-state index contributed by atoms with van der Waals surface area (Å²) in [5.74, 6) is -3.93. The lowest BCUT2D eigenvalue weighted by molar-refractivity contribution is -0.138. The molecule has 3 rings (SSSR count). The zero-order valence-corrected chi connectivity index (χ0v) is 25.2. The molecule has 0 N–H and O–H groups in total. The van der Waals surface area contributed by atoms with Crippen LogP contribution in [0.15, 0.2) is 41.3 Å². The number of benzene rings is 2. The maximum absolute atomic E-state index is 14.4. The molecule has 41 heavy (non-hydrogen) atoms. The van der Waals surface area contributed by atoms with Gasteiger partial charge in [0.25, 0.3) is 0 Å². The highest BCUT2D eigenvalue weighted by molar-refractivity contribution is 7.97. The van der Waals surface area contributed by atoms with Crippen molar-refractivity contribution in [1.29, 1.82) is 0 Å². The maximum atomic E-state index is 14.4. The third kappa shape index (κ3) is 8.79. The van der Waals surface area contributed by atoms with Gasteiger partial charge in [-0.05, 0) is 89.5 Å². The fourth-order valence-corrected chi connectivity index (χ4v) is 6.95. The number of nitrogens with zero attached hydrogens (tertiary/aromatic N) is 2. The van der Waals surface area contributed by atoms with Crippen molar-refractivity contribution < 1.29 is 44.7 Å². The topological polar surface area (TPSA) is 51.2 Å². The lowest BCUT2D eigenvalue weighted by Gasteiger charge is -2.31. The van der Waals surface area contributed by atoms with Crippen molar-refractivity contribution in [3.05, 3.63) is 47.8 Å². The van der Waals surface area contributed by atoms with Crippen LogP contribution in [0.2, 0.25) is 0 Å². The molecule has 0 bridgehead atoms. The van der Waals surface area contributed by atoms with Crippen LogP contribution in [0.5, 0.6) is 5.75 Å². The predicted molar refractivity (Wildman–Crippen MR) is 148 cm³/mol. The predicted octanol–water partition coefficient (Wildman–Crippen LogP) is 8.77. The van der Waals surface area contributed by atoms with E-state index < -0.39 is 54.9 Å². The van der Waals surface area contributed by atoms with Gasteiger partial charge in [0.15, 0.2) is 0 Å². The zero-order valence-electron chi connectivity index (χ0n) is 23.5. The van der Waals surface area contributed by atoms with Gasteiger partial charge in [-0.3, -0.25) is 4.57 Å². The summed E-state index contributed by atoms with van der Waals surface area (Å²) in [5.41, 5.74) is -1.36. The molecule has 6 nitrogen and oxygen atoms in total. The number of hydrogen-bond donors (Lipinski definition) is 0. The van der Waals surface area contributed by atoms with E-state index in [-0.39, 0.29) is 38.5 Å². The van der Waals surface area contributed by atoms with Crippen LogP contribution in [0.25, 0.3) is 0 Å². The lowest BCUT2D eigenvalue weighted by Crippen LogP contribution is -2.36. The van der Waals surface area contributed by atoms with Crippen LogP contribution in [-0.2, 0) is 19.8 Å². The van der Waals surface area contributed by atoms with Crippen LogP contribution in [0, 0.1) is 5.82 Å². The van der Waals surface area contributed by atoms with Crippen LogP contribution in [0.1, 0.15) is 46.1 Å². The second-order valence-electron chi connectivity index (χ2n) is 9.84. The molecular weight excluding hydrogens is 593 g/mol. The van der Waals surface area contributed by atoms with Gasteiger partial charge < -0.3 is 18.7 Å². The molecule has 0 radical (unpaired) electrons. The zero-order chi connectivity index (χ0) is 30.6. The molecule has 1 heterocycles. The van der Waals surface area contributed by atoms with E-state index in [1.54, 1.807) is 30.1 Å². The molecule has 1 aliphatic heterocycles. The fourth-order valence-electron chi connectivity index (χ4n) is 4.34. The minimum atomic E-state index is -4.82. The Hall–Kier alpha value is -1.92. The number of ether oxygens (including phenoxy) is 1. The van der Waals surface area contributed by atoms with Crippen molar-refractivity contribution in [1.82, 2.24) is 4.31 Å². The van der Waals surface area contributed by atoms with Gasteiger partial charge in [0.1, 0.15) is 18.2 Å². The van der Waals surface area contributed by atoms with E-state index in [4.69, 9.17) is 13.8 Å². The third-order valence-corrected chi connectivity index (χ3v) is 10.1. The molecular formula is C27H35F6N2O4PS. The highest BCUT2D eigenvalue weighted by Gasteiger charge is 2.39. The summed E-state index contributed by atoms with van der Waals surface area (Å²) in [4.78, 5) is 1.94. The van der Waals surface area contributed by atoms with E-state index in [1.807, 2.05) is 0 Å². The summed E-state index contributed by atoms with van der Waals surface area (Å²) >= 11 is 1.10. The van der Waals surface area contributed by atoms with Crippen LogP contribution in [0.3, 0.4) is 0 Å². The van der Waals surface area contributed by atoms with Crippen LogP contribution >= 0.6 is 19.5 Å². The number of hydrogen-bond acceptors (Lipinski definition) is 7. The van der Waals surface area contributed by atoms with E-state index in [9.17, 15) is 30.9 Å². The first kappa shape index (κ1) is 33.6. The molecule has 0 aliphatic carbocycles. The number of rotatable bonds is 12. The van der Waals surface area contributed by atoms with E-state index in [0.717, 1.165) is 24.9 Å². The van der Waals surface area contributed by atoms with Gasteiger partial charge in [0.2, 0.25) is 5.92 Å². The smallest absolute Gasteiger partial charge is 0.420 e. The summed E-state index contributed by atoms with van der Waals surface area (Å²) in [7, 11) is -1.96. The average molecular weight is 629 g/mol. The molecule has 0 saturated heterocycles. The summed E-state index contributed by atoms with van der Waals surface area (Å²) in [6.07, 6.45) is -5.18. The molecule has 0 spiro atoms. The Morgan fingerprint density at radius 2 is 1.68 bits per heavy atom. The Morgan fingerprint density at radius 3 is 2.22 bits per heavy atom. The Kier molecular flexibility index (Phi) is 11.1. The Morgan fingerprint density at radius 1 is 1.07 bits per heavy atom. The van der Waals surface area contributed by atoms with E-state index in [2.05, 4.69) is 0 Å². The van der Waals surface area contributed by atoms with Gasteiger partial charge in [-0.25, -0.2) is 17.5 Å². The van der Waals surface area contributed by atoms with Gasteiger partial charge in [0, 0.05) is 24.7 Å². The van der Waals surface area contributed by atoms with Gasteiger partial charge in [-0.2, -0.15) is 13.2 Å². The molecule has 2 aromatic rings. The van der Waals surface area contributed by atoms with Crippen molar-refractivity contribution in [2.45, 2.75) is 69.2 Å². The molecule has 0 saturated carbocycles. The number of halogens is 6. The molecule has 2 aromatic carbocycles. The monoisotopic (exact) mass is 628 g/mol. The summed E-state index contributed by atoms with van der Waals surface area (Å²) in [5, 5.41) is 0. The second-order valence-corrected chi connectivity index (χ2v) is 13.5. The van der Waals surface area contributed by atoms with Crippen molar-refractivity contribution in [2.24, 2.45) is 0 Å². The van der Waals surface area contributed by atoms with Crippen molar-refractivity contribution in [3.8, 4) is 5.75 Å². The summed E-state index contributed by atoms with van der Waals surface area (Å²) in [6.45, 7) is 5.46. The van der Waals surface area contributed by atoms with E-state index in [1.165, 1.54) is 37.3 Å². The molecule has 230 valence electrons. The molecule has 0 aromatic heterocycles. The highest BCUT2D eigenvalue weighted by Crippen LogP contribution is 2.53. The first-order valence-corrected chi connectivity index (χ1v) is 15.5. The first-order valence-electron chi connectivity index (χ1n) is 13.2. The normalized spacial score (nSPS) is 17.7. The summed E-state index contributed by atoms with van der Waals surface area (Å²) in [6, 6.07) is 6.94. The van der Waals surface area contributed by atoms with E-state index >= 15 is 0 Å². The standard InChI is InChI=1S/C27H35F6N2O4PS/c1-6-38-40(36,39-7-2)18(3)17-37-24-15-25-23(14-22(24)27(31,32)33)35(20-10-8-19(28)9-11-20)16-21(34(5)41-25)12-13-26(4,29)30/h8-11,14-15,18,21H,6-7,12-13,16-17H2,1-5H3/t18?,21-/m1/s1. The van der Waals surface area contributed by atoms with Gasteiger partial charge in [0.05, 0.1) is 35.0 Å². The number of anilines is 2. The van der Waals surface area contributed by atoms with Gasteiger partial charge in [-0.1, -0.05) is 0 Å². The highest BCUT2D eigenvalue weighted by atomic mass is 32.2. The van der Waals surface area contributed by atoms with E-state index in [0.29, 0.717) is 10.6 Å². The average Bonchev–Trinajstić information content (AvgIpc) is 3.00. The minimum absolute atomic E-state index is 0.0653. The van der Waals surface area contributed by atoms with Crippen LogP contribution < -0.4 is 9.64 Å². The largest absolute Gasteiger partial charge is 0.492 e. The maximum Gasteiger partial charge on any atom is 0.420 e. The Balaban J connectivity index is 2.06. The van der Waals surface area contributed by atoms with Crippen molar-refractivity contribution in [3.63, 3.8) is 0 Å². The van der Waals surface area contributed by atoms with Crippen LogP contribution in [0.4, 0.5) is 37.7 Å². The quantitative estimate of drug-likeness (QED) is 0.132.